The van der Waals surface area contributed by atoms with Crippen LogP contribution in [0.2, 0.25) is 0 Å². The van der Waals surface area contributed by atoms with E-state index in [0.717, 1.165) is 0 Å². The third-order valence-electron chi connectivity index (χ3n) is 3.48. The molecule has 1 unspecified atom stereocenters. The Morgan fingerprint density at radius 1 is 1.25 bits per heavy atom. The van der Waals surface area contributed by atoms with Crippen LogP contribution in [0, 0.1) is 6.92 Å². The Balaban J connectivity index is 2.09. The van der Waals surface area contributed by atoms with Gasteiger partial charge in [-0.25, -0.2) is 4.79 Å². The van der Waals surface area contributed by atoms with Crippen molar-refractivity contribution in [2.45, 2.75) is 12.8 Å². The Morgan fingerprint density at radius 3 is 2.50 bits per heavy atom. The fraction of sp³-hybridized carbons (Fsp3) is 0.235. The number of rotatable bonds is 6. The molecule has 0 radical (unpaired) electrons. The summed E-state index contributed by atoms with van der Waals surface area (Å²) < 4.78 is 9.75. The van der Waals surface area contributed by atoms with Crippen LogP contribution in [0.1, 0.15) is 38.2 Å². The molecule has 0 saturated heterocycles. The molecule has 1 amide bonds. The summed E-state index contributed by atoms with van der Waals surface area (Å²) in [6.45, 7) is 1.50. The predicted molar refractivity (Wildman–Crippen MR) is 83.9 cm³/mol. The molecule has 0 fully saturated rings. The van der Waals surface area contributed by atoms with Crippen molar-refractivity contribution < 1.29 is 28.6 Å². The molecular formula is C17H17NO6. The number of methoxy groups -OCH3 is 1. The van der Waals surface area contributed by atoms with Crippen molar-refractivity contribution in [1.82, 2.24) is 5.32 Å². The number of carbonyl (C=O) groups excluding carboxylic acids is 2. The maximum Gasteiger partial charge on any atom is 0.374 e. The fourth-order valence-electron chi connectivity index (χ4n) is 2.20. The number of hydrogen-bond donors (Lipinski definition) is 2. The highest BCUT2D eigenvalue weighted by atomic mass is 16.5. The predicted octanol–water partition coefficient (Wildman–Crippen LogP) is 1.97. The van der Waals surface area contributed by atoms with Gasteiger partial charge < -0.3 is 19.6 Å². The van der Waals surface area contributed by atoms with Gasteiger partial charge in [0.15, 0.2) is 5.76 Å². The topological polar surface area (TPSA) is 106 Å². The monoisotopic (exact) mass is 331 g/mol. The van der Waals surface area contributed by atoms with E-state index < -0.39 is 23.8 Å². The van der Waals surface area contributed by atoms with Crippen molar-refractivity contribution >= 4 is 17.8 Å². The molecule has 7 nitrogen and oxygen atoms in total. The first-order valence-electron chi connectivity index (χ1n) is 7.18. The van der Waals surface area contributed by atoms with Crippen LogP contribution >= 0.6 is 0 Å². The van der Waals surface area contributed by atoms with E-state index in [1.807, 2.05) is 0 Å². The van der Waals surface area contributed by atoms with Gasteiger partial charge >= 0.3 is 11.9 Å². The Kier molecular flexibility index (Phi) is 5.36. The maximum atomic E-state index is 12.1. The third-order valence-corrected chi connectivity index (χ3v) is 3.48. The SMILES string of the molecule is COC(=O)c1oc(C(=O)NCC(C(=O)O)c2ccccc2)cc1C. The van der Waals surface area contributed by atoms with E-state index in [2.05, 4.69) is 10.1 Å². The summed E-state index contributed by atoms with van der Waals surface area (Å²) in [7, 11) is 1.21. The second-order valence-corrected chi connectivity index (χ2v) is 5.13. The lowest BCUT2D eigenvalue weighted by molar-refractivity contribution is -0.138. The molecule has 0 spiro atoms. The zero-order valence-electron chi connectivity index (χ0n) is 13.2. The lowest BCUT2D eigenvalue weighted by Crippen LogP contribution is -2.31. The fourth-order valence-corrected chi connectivity index (χ4v) is 2.20. The van der Waals surface area contributed by atoms with Crippen molar-refractivity contribution in [3.63, 3.8) is 0 Å². The molecule has 2 rings (SSSR count). The minimum absolute atomic E-state index is 0.0551. The summed E-state index contributed by atoms with van der Waals surface area (Å²) in [4.78, 5) is 35.0. The van der Waals surface area contributed by atoms with Crippen LogP contribution < -0.4 is 5.32 Å². The van der Waals surface area contributed by atoms with Gasteiger partial charge in [-0.2, -0.15) is 0 Å². The largest absolute Gasteiger partial charge is 0.481 e. The maximum absolute atomic E-state index is 12.1. The van der Waals surface area contributed by atoms with Gasteiger partial charge in [0.2, 0.25) is 5.76 Å². The molecule has 1 heterocycles. The van der Waals surface area contributed by atoms with Crippen LogP contribution in [0.5, 0.6) is 0 Å². The number of nitrogens with one attached hydrogen (secondary N) is 1. The van der Waals surface area contributed by atoms with Crippen molar-refractivity contribution in [3.05, 3.63) is 59.0 Å². The first-order valence-corrected chi connectivity index (χ1v) is 7.18. The average Bonchev–Trinajstić information content (AvgIpc) is 2.97. The summed E-state index contributed by atoms with van der Waals surface area (Å²) in [6, 6.07) is 9.99. The first-order chi connectivity index (χ1) is 11.4. The van der Waals surface area contributed by atoms with Gasteiger partial charge in [-0.15, -0.1) is 0 Å². The highest BCUT2D eigenvalue weighted by molar-refractivity contribution is 5.95. The van der Waals surface area contributed by atoms with Crippen LogP contribution in [0.4, 0.5) is 0 Å². The zero-order valence-corrected chi connectivity index (χ0v) is 13.2. The molecule has 0 aliphatic rings. The Labute approximate surface area is 138 Å². The molecule has 0 bridgehead atoms. The number of carboxylic acids is 1. The number of esters is 1. The van der Waals surface area contributed by atoms with E-state index in [4.69, 9.17) is 4.42 Å². The molecule has 24 heavy (non-hydrogen) atoms. The summed E-state index contributed by atoms with van der Waals surface area (Å²) in [5.41, 5.74) is 1.04. The highest BCUT2D eigenvalue weighted by Crippen LogP contribution is 2.17. The molecular weight excluding hydrogens is 314 g/mol. The van der Waals surface area contributed by atoms with E-state index in [1.165, 1.54) is 13.2 Å². The minimum atomic E-state index is -1.05. The summed E-state index contributed by atoms with van der Waals surface area (Å²) >= 11 is 0. The van der Waals surface area contributed by atoms with E-state index in [9.17, 15) is 19.5 Å². The Bertz CT molecular complexity index is 750. The van der Waals surface area contributed by atoms with Crippen molar-refractivity contribution in [1.29, 1.82) is 0 Å². The van der Waals surface area contributed by atoms with Gasteiger partial charge in [0.05, 0.1) is 13.0 Å². The third kappa shape index (κ3) is 3.81. The highest BCUT2D eigenvalue weighted by Gasteiger charge is 2.23. The van der Waals surface area contributed by atoms with Crippen LogP contribution in [0.3, 0.4) is 0 Å². The molecule has 7 heteroatoms. The molecule has 0 aliphatic heterocycles. The molecule has 1 aromatic heterocycles. The number of ether oxygens (including phenoxy) is 1. The molecule has 2 N–H and O–H groups in total. The van der Waals surface area contributed by atoms with Gasteiger partial charge in [0, 0.05) is 12.1 Å². The van der Waals surface area contributed by atoms with Gasteiger partial charge in [-0.05, 0) is 18.6 Å². The number of aryl methyl sites for hydroxylation is 1. The van der Waals surface area contributed by atoms with Gasteiger partial charge in [-0.3, -0.25) is 9.59 Å². The van der Waals surface area contributed by atoms with E-state index in [-0.39, 0.29) is 18.1 Å². The second-order valence-electron chi connectivity index (χ2n) is 5.13. The number of carboxylic acid groups (broad SMARTS) is 1. The lowest BCUT2D eigenvalue weighted by atomic mass is 9.99. The number of aliphatic carboxylic acids is 1. The number of carbonyl (C=O) groups is 3. The quantitative estimate of drug-likeness (QED) is 0.784. The minimum Gasteiger partial charge on any atom is -0.481 e. The summed E-state index contributed by atoms with van der Waals surface area (Å²) in [5.74, 6) is -3.35. The summed E-state index contributed by atoms with van der Waals surface area (Å²) in [5, 5.41) is 11.8. The van der Waals surface area contributed by atoms with E-state index in [0.29, 0.717) is 11.1 Å². The number of benzene rings is 1. The summed E-state index contributed by atoms with van der Waals surface area (Å²) in [6.07, 6.45) is 0. The molecule has 0 aliphatic carbocycles. The lowest BCUT2D eigenvalue weighted by Gasteiger charge is -2.13. The first kappa shape index (κ1) is 17.3. The van der Waals surface area contributed by atoms with Crippen LogP contribution in [0.15, 0.2) is 40.8 Å². The van der Waals surface area contributed by atoms with Crippen LogP contribution in [-0.4, -0.2) is 36.6 Å². The zero-order chi connectivity index (χ0) is 17.7. The Morgan fingerprint density at radius 2 is 1.92 bits per heavy atom. The van der Waals surface area contributed by atoms with Gasteiger partial charge in [0.1, 0.15) is 0 Å². The van der Waals surface area contributed by atoms with Gasteiger partial charge in [0.25, 0.3) is 5.91 Å². The van der Waals surface area contributed by atoms with Crippen molar-refractivity contribution in [2.24, 2.45) is 0 Å². The second kappa shape index (κ2) is 7.45. The number of hydrogen-bond acceptors (Lipinski definition) is 5. The van der Waals surface area contributed by atoms with Crippen LogP contribution in [-0.2, 0) is 9.53 Å². The van der Waals surface area contributed by atoms with E-state index >= 15 is 0 Å². The smallest absolute Gasteiger partial charge is 0.374 e. The standard InChI is InChI=1S/C17H17NO6/c1-10-8-13(24-14(10)17(22)23-2)15(19)18-9-12(16(20)21)11-6-4-3-5-7-11/h3-8,12H,9H2,1-2H3,(H,18,19)(H,20,21). The Hall–Kier alpha value is -3.09. The normalized spacial score (nSPS) is 11.6. The van der Waals surface area contributed by atoms with Crippen LogP contribution in [0.25, 0.3) is 0 Å². The van der Waals surface area contributed by atoms with E-state index in [1.54, 1.807) is 37.3 Å². The molecule has 126 valence electrons. The average molecular weight is 331 g/mol. The number of amides is 1. The molecule has 0 saturated carbocycles. The van der Waals surface area contributed by atoms with Crippen molar-refractivity contribution in [3.8, 4) is 0 Å². The number of furan rings is 1. The molecule has 2 aromatic rings. The molecule has 1 atom stereocenters. The van der Waals surface area contributed by atoms with Gasteiger partial charge in [-0.1, -0.05) is 30.3 Å². The van der Waals surface area contributed by atoms with Crippen molar-refractivity contribution in [2.75, 3.05) is 13.7 Å². The molecule has 1 aromatic carbocycles.